The minimum atomic E-state index is -1.95. The van der Waals surface area contributed by atoms with Crippen LogP contribution >= 0.6 is 0 Å². The summed E-state index contributed by atoms with van der Waals surface area (Å²) in [5, 5.41) is 70.2. The molecular formula is C77H120N10O20. The van der Waals surface area contributed by atoms with Gasteiger partial charge in [0.25, 0.3) is 0 Å². The van der Waals surface area contributed by atoms with Crippen molar-refractivity contribution in [3.05, 3.63) is 77.1 Å². The summed E-state index contributed by atoms with van der Waals surface area (Å²) in [6.07, 6.45) is -7.80. The molecule has 0 aliphatic carbocycles. The molecule has 0 radical (unpaired) electrons. The van der Waals surface area contributed by atoms with Crippen molar-refractivity contribution < 1.29 is 97.1 Å². The van der Waals surface area contributed by atoms with E-state index >= 15 is 4.79 Å². The molecule has 0 spiro atoms. The van der Waals surface area contributed by atoms with E-state index in [4.69, 9.17) is 28.4 Å². The first kappa shape index (κ1) is 88.2. The summed E-state index contributed by atoms with van der Waals surface area (Å²) in [7, 11) is 6.03. The van der Waals surface area contributed by atoms with Crippen molar-refractivity contribution in [3.8, 4) is 5.75 Å². The van der Waals surface area contributed by atoms with Crippen LogP contribution in [0.4, 0.5) is 4.79 Å². The van der Waals surface area contributed by atoms with Crippen LogP contribution in [0.3, 0.4) is 0 Å². The van der Waals surface area contributed by atoms with Crippen LogP contribution < -0.4 is 20.7 Å². The van der Waals surface area contributed by atoms with Crippen LogP contribution in [0.15, 0.2) is 54.7 Å². The molecule has 598 valence electrons. The fourth-order valence-electron chi connectivity index (χ4n) is 14.3. The van der Waals surface area contributed by atoms with E-state index in [-0.39, 0.29) is 66.9 Å². The fourth-order valence-corrected chi connectivity index (χ4v) is 14.3. The summed E-state index contributed by atoms with van der Waals surface area (Å²) >= 11 is 0. The van der Waals surface area contributed by atoms with Crippen molar-refractivity contribution >= 4 is 53.4 Å². The first-order valence-electron chi connectivity index (χ1n) is 37.5. The van der Waals surface area contributed by atoms with Gasteiger partial charge in [-0.15, -0.1) is 5.10 Å². The van der Waals surface area contributed by atoms with E-state index in [0.717, 1.165) is 4.90 Å². The summed E-state index contributed by atoms with van der Waals surface area (Å²) in [5.74, 6) is -5.59. The van der Waals surface area contributed by atoms with Gasteiger partial charge in [0.05, 0.1) is 67.7 Å². The second-order valence-corrected chi connectivity index (χ2v) is 31.5. The van der Waals surface area contributed by atoms with Crippen LogP contribution in [0.2, 0.25) is 0 Å². The number of likely N-dealkylation sites (tertiary alicyclic amines) is 2. The van der Waals surface area contributed by atoms with Crippen LogP contribution in [0.25, 0.3) is 0 Å². The van der Waals surface area contributed by atoms with Crippen molar-refractivity contribution in [1.82, 2.24) is 50.5 Å². The Morgan fingerprint density at radius 1 is 0.794 bits per heavy atom. The lowest BCUT2D eigenvalue weighted by molar-refractivity contribution is -0.271. The normalized spacial score (nSPS) is 21.4. The summed E-state index contributed by atoms with van der Waals surface area (Å²) in [4.78, 5) is 128. The third kappa shape index (κ3) is 24.1. The van der Waals surface area contributed by atoms with E-state index in [1.165, 1.54) is 37.1 Å². The predicted octanol–water partition coefficient (Wildman–Crippen LogP) is 5.43. The van der Waals surface area contributed by atoms with Gasteiger partial charge in [0.2, 0.25) is 47.6 Å². The summed E-state index contributed by atoms with van der Waals surface area (Å²) < 4.78 is 37.7. The zero-order valence-corrected chi connectivity index (χ0v) is 65.6. The number of hydrogen-bond acceptors (Lipinski definition) is 21. The number of benzene rings is 2. The number of ether oxygens (including phenoxy) is 6. The quantitative estimate of drug-likeness (QED) is 0.0259. The maximum atomic E-state index is 15.1. The number of aliphatic hydroxyl groups is 4. The number of carboxylic acid groups (broad SMARTS) is 1. The Bertz CT molecular complexity index is 3430. The minimum absolute atomic E-state index is 0.0579. The molecule has 3 saturated heterocycles. The highest BCUT2D eigenvalue weighted by Gasteiger charge is 2.49. The Morgan fingerprint density at radius 2 is 1.46 bits per heavy atom. The van der Waals surface area contributed by atoms with Gasteiger partial charge in [0, 0.05) is 97.2 Å². The van der Waals surface area contributed by atoms with Crippen LogP contribution in [0.5, 0.6) is 5.75 Å². The summed E-state index contributed by atoms with van der Waals surface area (Å²) in [5.41, 5.74) is 0.921. The highest BCUT2D eigenvalue weighted by molar-refractivity contribution is 6.02. The molecular weight excluding hydrogens is 1380 g/mol. The van der Waals surface area contributed by atoms with Crippen molar-refractivity contribution in [2.45, 2.75) is 253 Å². The number of unbranched alkanes of at least 4 members (excludes halogenated alkanes) is 2. The minimum Gasteiger partial charge on any atom is -0.479 e. The van der Waals surface area contributed by atoms with E-state index in [0.29, 0.717) is 107 Å². The second kappa shape index (κ2) is 40.1. The number of aliphatic carboxylic acids is 1. The SMILES string of the molecule is CCC(C)C(C(CC(=O)N1CCCC1C(OC)C(C)C(=O)NC(C)C(O)c1ccccc1)OC)N(C)C(=O)C(NC(=O)C(C(C)C)N(C)C(=O)OC(Cc1cn(CC(C)(C)COCC(C)(C)CNC(=O)CCCCCN2C(=O)CCC2=O)nn1)c1ccc(OC2OC(C(=O)O)C(O)C(O)C2O)c(C)c1)C(C)C. The summed E-state index contributed by atoms with van der Waals surface area (Å²) in [6, 6.07) is 9.57. The molecule has 4 heterocycles. The zero-order valence-electron chi connectivity index (χ0n) is 65.6. The van der Waals surface area contributed by atoms with Crippen LogP contribution in [0.1, 0.15) is 182 Å². The Labute approximate surface area is 629 Å². The number of methoxy groups -OCH3 is 2. The number of aliphatic hydroxyl groups excluding tert-OH is 4. The van der Waals surface area contributed by atoms with Gasteiger partial charge in [0.15, 0.2) is 6.10 Å². The highest BCUT2D eigenvalue weighted by Crippen LogP contribution is 2.34. The average Bonchev–Trinajstić information content (AvgIpc) is 1.51. The van der Waals surface area contributed by atoms with Gasteiger partial charge >= 0.3 is 12.1 Å². The lowest BCUT2D eigenvalue weighted by Crippen LogP contribution is -2.61. The van der Waals surface area contributed by atoms with Gasteiger partial charge < -0.3 is 79.7 Å². The third-order valence-corrected chi connectivity index (χ3v) is 20.7. The molecule has 16 atom stereocenters. The predicted molar refractivity (Wildman–Crippen MR) is 393 cm³/mol. The first-order valence-corrected chi connectivity index (χ1v) is 37.5. The second-order valence-electron chi connectivity index (χ2n) is 31.5. The highest BCUT2D eigenvalue weighted by atomic mass is 16.7. The maximum absolute atomic E-state index is 15.1. The Balaban J connectivity index is 1.14. The fraction of sp³-hybridized carbons (Fsp3) is 0.701. The Morgan fingerprint density at radius 3 is 2.07 bits per heavy atom. The molecule has 6 rings (SSSR count). The van der Waals surface area contributed by atoms with Crippen molar-refractivity contribution in [3.63, 3.8) is 0 Å². The molecule has 30 nitrogen and oxygen atoms in total. The molecule has 30 heteroatoms. The number of nitrogens with zero attached hydrogens (tertiary/aromatic N) is 7. The van der Waals surface area contributed by atoms with Crippen LogP contribution in [0, 0.1) is 41.4 Å². The number of amides is 8. The Hall–Kier alpha value is -7.71. The Kier molecular flexibility index (Phi) is 33.1. The molecule has 1 aromatic heterocycles. The van der Waals surface area contributed by atoms with E-state index in [1.807, 2.05) is 59.7 Å². The van der Waals surface area contributed by atoms with E-state index in [2.05, 4.69) is 26.3 Å². The molecule has 3 aromatic rings. The van der Waals surface area contributed by atoms with Gasteiger partial charge in [-0.05, 0) is 86.1 Å². The number of aryl methyl sites for hydroxylation is 1. The summed E-state index contributed by atoms with van der Waals surface area (Å²) in [6.45, 7) is 26.2. The number of carbonyl (C=O) groups is 9. The van der Waals surface area contributed by atoms with E-state index in [9.17, 15) is 63.9 Å². The van der Waals surface area contributed by atoms with Crippen molar-refractivity contribution in [2.24, 2.45) is 34.5 Å². The van der Waals surface area contributed by atoms with Crippen molar-refractivity contribution in [2.75, 3.05) is 61.2 Å². The standard InChI is InChI=1S/C77H120N10O20/c1-18-46(6)63(56(102-16)38-60(91)86-35-25-28-53(86)68(103-17)48(8)70(96)79-49(9)64(92)50-26-21-19-22-27-50)83(14)72(98)61(44(2)3)80-71(97)62(45(4)5)84(15)75(101)106-55(51-30-31-54(47(7)36-51)105-74-67(95)65(93)66(94)69(107-74)73(99)100)37-52-39-85(82-81-52)41-77(12,13)43-104-42-76(10,11)40-78-57(88)29-23-20-24-34-87-58(89)32-33-59(87)90/h19,21-22,26-27,30-31,36,39,44-46,48-49,53,55-56,61-69,74,92-95H,18,20,23-25,28-29,32-35,37-38,40-43H2,1-17H3,(H,78,88)(H,79,96)(H,80,97)(H,99,100). The maximum Gasteiger partial charge on any atom is 0.410 e. The zero-order chi connectivity index (χ0) is 79.5. The van der Waals surface area contributed by atoms with Crippen molar-refractivity contribution in [1.29, 1.82) is 0 Å². The van der Waals surface area contributed by atoms with Gasteiger partial charge in [-0.2, -0.15) is 0 Å². The molecule has 16 unspecified atom stereocenters. The number of nitrogens with one attached hydrogen (secondary N) is 3. The van der Waals surface area contributed by atoms with Gasteiger partial charge in [-0.1, -0.05) is 131 Å². The third-order valence-electron chi connectivity index (χ3n) is 20.7. The molecule has 3 aliphatic rings. The molecule has 3 fully saturated rings. The number of carbonyl (C=O) groups excluding carboxylic acids is 8. The number of carboxylic acids is 1. The van der Waals surface area contributed by atoms with E-state index in [1.54, 1.807) is 95.6 Å². The van der Waals surface area contributed by atoms with E-state index < -0.39 is 138 Å². The molecule has 0 saturated carbocycles. The molecule has 2 aromatic carbocycles. The average molecular weight is 1510 g/mol. The first-order chi connectivity index (χ1) is 50.3. The molecule has 0 bridgehead atoms. The lowest BCUT2D eigenvalue weighted by atomic mass is 9.89. The van der Waals surface area contributed by atoms with Crippen LogP contribution in [-0.2, 0) is 75.0 Å². The molecule has 8 N–H and O–H groups in total. The largest absolute Gasteiger partial charge is 0.479 e. The number of rotatable bonds is 41. The molecule has 3 aliphatic heterocycles. The van der Waals surface area contributed by atoms with Gasteiger partial charge in [-0.3, -0.25) is 48.0 Å². The monoisotopic (exact) mass is 1500 g/mol. The number of imide groups is 1. The van der Waals surface area contributed by atoms with Gasteiger partial charge in [-0.25, -0.2) is 9.59 Å². The number of hydrogen-bond donors (Lipinski definition) is 8. The molecule has 107 heavy (non-hydrogen) atoms. The number of aromatic nitrogens is 3. The molecule has 8 amide bonds. The van der Waals surface area contributed by atoms with Crippen LogP contribution in [-0.4, -0.2) is 248 Å². The number of likely N-dealkylation sites (N-methyl/N-ethyl adjacent to an activating group) is 2. The van der Waals surface area contributed by atoms with Gasteiger partial charge in [0.1, 0.15) is 42.2 Å². The lowest BCUT2D eigenvalue weighted by Gasteiger charge is -2.41. The smallest absolute Gasteiger partial charge is 0.410 e. The topological polar surface area (TPSA) is 390 Å².